The molecule has 3 nitrogen and oxygen atoms in total. The van der Waals surface area contributed by atoms with Crippen LogP contribution in [0.25, 0.3) is 0 Å². The number of benzene rings is 1. The largest absolute Gasteiger partial charge is 0.394 e. The van der Waals surface area contributed by atoms with E-state index in [1.165, 1.54) is 0 Å². The van der Waals surface area contributed by atoms with Crippen LogP contribution in [0.1, 0.15) is 19.4 Å². The van der Waals surface area contributed by atoms with Gasteiger partial charge in [0.05, 0.1) is 18.2 Å². The van der Waals surface area contributed by atoms with Crippen molar-refractivity contribution in [1.29, 1.82) is 0 Å². The highest BCUT2D eigenvalue weighted by atomic mass is 16.5. The van der Waals surface area contributed by atoms with Crippen molar-refractivity contribution in [2.24, 2.45) is 0 Å². The summed E-state index contributed by atoms with van der Waals surface area (Å²) in [7, 11) is 1.65. The molecule has 2 N–H and O–H groups in total. The van der Waals surface area contributed by atoms with Crippen LogP contribution in [0.5, 0.6) is 0 Å². The molecule has 16 heavy (non-hydrogen) atoms. The number of aryl methyl sites for hydroxylation is 1. The molecule has 1 rings (SSSR count). The number of methoxy groups -OCH3 is 1. The number of aliphatic hydroxyl groups is 1. The lowest BCUT2D eigenvalue weighted by Crippen LogP contribution is -2.49. The molecule has 0 amide bonds. The standard InChI is InChI=1S/C13H21NO2/c1-10-7-5-6-8-12(10)14-13(3,9-15)11(2)16-4/h5-8,11,14-15H,9H2,1-4H3. The van der Waals surface area contributed by atoms with Gasteiger partial charge in [-0.3, -0.25) is 0 Å². The maximum absolute atomic E-state index is 9.50. The number of nitrogens with one attached hydrogen (secondary N) is 1. The number of aliphatic hydroxyl groups excluding tert-OH is 1. The van der Waals surface area contributed by atoms with Gasteiger partial charge in [0.1, 0.15) is 0 Å². The van der Waals surface area contributed by atoms with Gasteiger partial charge >= 0.3 is 0 Å². The Morgan fingerprint density at radius 2 is 2.06 bits per heavy atom. The molecular weight excluding hydrogens is 202 g/mol. The van der Waals surface area contributed by atoms with E-state index >= 15 is 0 Å². The van der Waals surface area contributed by atoms with Gasteiger partial charge in [0, 0.05) is 12.8 Å². The second-order valence-electron chi connectivity index (χ2n) is 4.39. The van der Waals surface area contributed by atoms with Crippen LogP contribution >= 0.6 is 0 Å². The van der Waals surface area contributed by atoms with Crippen molar-refractivity contribution >= 4 is 5.69 Å². The van der Waals surface area contributed by atoms with Crippen molar-refractivity contribution in [1.82, 2.24) is 0 Å². The van der Waals surface area contributed by atoms with Crippen molar-refractivity contribution in [2.75, 3.05) is 19.0 Å². The minimum Gasteiger partial charge on any atom is -0.394 e. The van der Waals surface area contributed by atoms with Crippen LogP contribution in [0.4, 0.5) is 5.69 Å². The monoisotopic (exact) mass is 223 g/mol. The van der Waals surface area contributed by atoms with Crippen molar-refractivity contribution in [3.8, 4) is 0 Å². The first-order valence-corrected chi connectivity index (χ1v) is 5.51. The van der Waals surface area contributed by atoms with Crippen LogP contribution in [0.2, 0.25) is 0 Å². The maximum Gasteiger partial charge on any atom is 0.0834 e. The van der Waals surface area contributed by atoms with E-state index in [1.54, 1.807) is 7.11 Å². The number of hydrogen-bond donors (Lipinski definition) is 2. The molecule has 3 heteroatoms. The van der Waals surface area contributed by atoms with Crippen LogP contribution in [0.15, 0.2) is 24.3 Å². The fourth-order valence-electron chi connectivity index (χ4n) is 1.55. The Labute approximate surface area is 97.4 Å². The van der Waals surface area contributed by atoms with Gasteiger partial charge in [0.15, 0.2) is 0 Å². The van der Waals surface area contributed by atoms with E-state index in [-0.39, 0.29) is 12.7 Å². The van der Waals surface area contributed by atoms with Crippen LogP contribution in [0.3, 0.4) is 0 Å². The second-order valence-corrected chi connectivity index (χ2v) is 4.39. The van der Waals surface area contributed by atoms with Crippen LogP contribution < -0.4 is 5.32 Å². The summed E-state index contributed by atoms with van der Waals surface area (Å²) in [5, 5.41) is 12.8. The summed E-state index contributed by atoms with van der Waals surface area (Å²) in [5.74, 6) is 0. The molecule has 0 radical (unpaired) electrons. The average Bonchev–Trinajstić information content (AvgIpc) is 2.31. The molecule has 0 fully saturated rings. The van der Waals surface area contributed by atoms with Gasteiger partial charge in [0.25, 0.3) is 0 Å². The Kier molecular flexibility index (Phi) is 4.33. The molecule has 90 valence electrons. The zero-order valence-corrected chi connectivity index (χ0v) is 10.4. The number of hydrogen-bond acceptors (Lipinski definition) is 3. The summed E-state index contributed by atoms with van der Waals surface area (Å²) >= 11 is 0. The summed E-state index contributed by atoms with van der Waals surface area (Å²) in [5.41, 5.74) is 1.72. The first-order chi connectivity index (χ1) is 7.53. The van der Waals surface area contributed by atoms with Gasteiger partial charge in [-0.05, 0) is 32.4 Å². The molecule has 0 aromatic heterocycles. The molecule has 0 aliphatic carbocycles. The highest BCUT2D eigenvalue weighted by Crippen LogP contribution is 2.22. The zero-order chi connectivity index (χ0) is 12.2. The van der Waals surface area contributed by atoms with Crippen LogP contribution in [-0.4, -0.2) is 30.5 Å². The lowest BCUT2D eigenvalue weighted by molar-refractivity contribution is 0.0380. The Morgan fingerprint density at radius 3 is 2.56 bits per heavy atom. The summed E-state index contributed by atoms with van der Waals surface area (Å²) in [6.07, 6.45) is -0.0721. The van der Waals surface area contributed by atoms with Crippen molar-refractivity contribution in [3.05, 3.63) is 29.8 Å². The zero-order valence-electron chi connectivity index (χ0n) is 10.4. The minimum atomic E-state index is -0.471. The molecule has 0 saturated carbocycles. The summed E-state index contributed by atoms with van der Waals surface area (Å²) < 4.78 is 5.30. The summed E-state index contributed by atoms with van der Waals surface area (Å²) in [6.45, 7) is 5.96. The minimum absolute atomic E-state index is 0.0241. The normalized spacial score (nSPS) is 16.6. The van der Waals surface area contributed by atoms with Gasteiger partial charge < -0.3 is 15.2 Å². The molecule has 2 atom stereocenters. The smallest absolute Gasteiger partial charge is 0.0834 e. The van der Waals surface area contributed by atoms with E-state index in [9.17, 15) is 5.11 Å². The quantitative estimate of drug-likeness (QED) is 0.804. The van der Waals surface area contributed by atoms with E-state index in [1.807, 2.05) is 45.0 Å². The number of anilines is 1. The van der Waals surface area contributed by atoms with E-state index in [0.717, 1.165) is 11.3 Å². The van der Waals surface area contributed by atoms with E-state index < -0.39 is 5.54 Å². The maximum atomic E-state index is 9.50. The SMILES string of the molecule is COC(C)C(C)(CO)Nc1ccccc1C. The fraction of sp³-hybridized carbons (Fsp3) is 0.538. The van der Waals surface area contributed by atoms with Crippen molar-refractivity contribution in [2.45, 2.75) is 32.4 Å². The number of rotatable bonds is 5. The molecule has 0 bridgehead atoms. The predicted octanol–water partition coefficient (Wildman–Crippen LogP) is 2.19. The van der Waals surface area contributed by atoms with Crippen LogP contribution in [0, 0.1) is 6.92 Å². The molecule has 0 saturated heterocycles. The predicted molar refractivity (Wildman–Crippen MR) is 66.8 cm³/mol. The first kappa shape index (κ1) is 13.0. The second kappa shape index (κ2) is 5.32. The van der Waals surface area contributed by atoms with E-state index in [2.05, 4.69) is 5.32 Å². The highest BCUT2D eigenvalue weighted by molar-refractivity contribution is 5.52. The first-order valence-electron chi connectivity index (χ1n) is 5.51. The molecule has 0 aliphatic rings. The van der Waals surface area contributed by atoms with Gasteiger partial charge in [-0.25, -0.2) is 0 Å². The Morgan fingerprint density at radius 1 is 1.44 bits per heavy atom. The van der Waals surface area contributed by atoms with E-state index in [0.29, 0.717) is 0 Å². The molecule has 1 aromatic rings. The van der Waals surface area contributed by atoms with Crippen molar-refractivity contribution < 1.29 is 9.84 Å². The molecule has 1 aromatic carbocycles. The fourth-order valence-corrected chi connectivity index (χ4v) is 1.55. The molecule has 2 unspecified atom stereocenters. The van der Waals surface area contributed by atoms with Crippen molar-refractivity contribution in [3.63, 3.8) is 0 Å². The van der Waals surface area contributed by atoms with Gasteiger partial charge in [-0.15, -0.1) is 0 Å². The highest BCUT2D eigenvalue weighted by Gasteiger charge is 2.30. The van der Waals surface area contributed by atoms with E-state index in [4.69, 9.17) is 4.74 Å². The lowest BCUT2D eigenvalue weighted by Gasteiger charge is -2.35. The summed E-state index contributed by atoms with van der Waals surface area (Å²) in [6, 6.07) is 8.02. The molecular formula is C13H21NO2. The third-order valence-corrected chi connectivity index (χ3v) is 3.14. The number of ether oxygens (including phenoxy) is 1. The summed E-state index contributed by atoms with van der Waals surface area (Å²) in [4.78, 5) is 0. The Hall–Kier alpha value is -1.06. The third kappa shape index (κ3) is 2.74. The van der Waals surface area contributed by atoms with Gasteiger partial charge in [-0.2, -0.15) is 0 Å². The average molecular weight is 223 g/mol. The molecule has 0 aliphatic heterocycles. The topological polar surface area (TPSA) is 41.5 Å². The van der Waals surface area contributed by atoms with Crippen LogP contribution in [-0.2, 0) is 4.74 Å². The van der Waals surface area contributed by atoms with Gasteiger partial charge in [-0.1, -0.05) is 18.2 Å². The van der Waals surface area contributed by atoms with Gasteiger partial charge in [0.2, 0.25) is 0 Å². The number of para-hydroxylation sites is 1. The third-order valence-electron chi connectivity index (χ3n) is 3.14. The molecule has 0 heterocycles. The Balaban J connectivity index is 2.89. The molecule has 0 spiro atoms. The Bertz CT molecular complexity index is 340. The lowest BCUT2D eigenvalue weighted by atomic mass is 9.95.